The first-order chi connectivity index (χ1) is 19.6. The first-order valence-corrected chi connectivity index (χ1v) is 13.7. The molecule has 210 valence electrons. The molecule has 0 bridgehead atoms. The van der Waals surface area contributed by atoms with E-state index in [2.05, 4.69) is 58.4 Å². The average Bonchev–Trinajstić information content (AvgIpc) is 3.44. The fourth-order valence-electron chi connectivity index (χ4n) is 4.14. The van der Waals surface area contributed by atoms with Crippen LogP contribution in [0.2, 0.25) is 0 Å². The highest BCUT2D eigenvalue weighted by molar-refractivity contribution is 7.14. The molecule has 0 radical (unpaired) electrons. The van der Waals surface area contributed by atoms with Crippen LogP contribution in [0.3, 0.4) is 0 Å². The summed E-state index contributed by atoms with van der Waals surface area (Å²) in [6.45, 7) is 8.70. The number of anilines is 1. The molecule has 0 aliphatic carbocycles. The number of nitrogens with one attached hydrogen (secondary N) is 1. The van der Waals surface area contributed by atoms with Crippen molar-refractivity contribution < 1.29 is 23.9 Å². The molecule has 0 unspecified atom stereocenters. The summed E-state index contributed by atoms with van der Waals surface area (Å²) in [5.74, 6) is -1.98. The molecule has 0 atom stereocenters. The summed E-state index contributed by atoms with van der Waals surface area (Å²) in [5, 5.41) is 9.68. The van der Waals surface area contributed by atoms with Gasteiger partial charge in [-0.2, -0.15) is 0 Å². The number of rotatable bonds is 10. The van der Waals surface area contributed by atoms with Crippen LogP contribution in [0.25, 0.3) is 0 Å². The van der Waals surface area contributed by atoms with Gasteiger partial charge in [0.15, 0.2) is 5.13 Å². The second-order valence-corrected chi connectivity index (χ2v) is 10.8. The van der Waals surface area contributed by atoms with Gasteiger partial charge in [-0.25, -0.2) is 14.6 Å². The van der Waals surface area contributed by atoms with Gasteiger partial charge in [0.1, 0.15) is 16.8 Å². The third-order valence-corrected chi connectivity index (χ3v) is 6.67. The Bertz CT molecular complexity index is 1430. The van der Waals surface area contributed by atoms with Crippen molar-refractivity contribution in [3.63, 3.8) is 0 Å². The molecule has 4 rings (SSSR count). The van der Waals surface area contributed by atoms with Gasteiger partial charge in [0.25, 0.3) is 0 Å². The molecule has 8 nitrogen and oxygen atoms in total. The van der Waals surface area contributed by atoms with Crippen LogP contribution in [0, 0.1) is 0 Å². The number of thiazole rings is 1. The van der Waals surface area contributed by atoms with E-state index in [0.717, 1.165) is 16.7 Å². The van der Waals surface area contributed by atoms with Gasteiger partial charge < -0.3 is 19.6 Å². The second kappa shape index (κ2) is 12.6. The molecule has 9 heteroatoms. The second-order valence-electron chi connectivity index (χ2n) is 9.96. The Morgan fingerprint density at radius 2 is 1.32 bits per heavy atom. The molecule has 0 fully saturated rings. The van der Waals surface area contributed by atoms with Crippen molar-refractivity contribution in [1.82, 2.24) is 4.98 Å². The van der Waals surface area contributed by atoms with E-state index in [0.29, 0.717) is 5.13 Å². The molecule has 0 spiro atoms. The number of carbonyl (C=O) groups excluding carboxylic acids is 2. The van der Waals surface area contributed by atoms with Gasteiger partial charge in [-0.05, 0) is 44.0 Å². The smallest absolute Gasteiger partial charge is 0.376 e. The van der Waals surface area contributed by atoms with Crippen molar-refractivity contribution >= 4 is 34.1 Å². The number of hydrogen-bond donors (Lipinski definition) is 1. The molecule has 0 saturated heterocycles. The summed E-state index contributed by atoms with van der Waals surface area (Å²) in [7, 11) is 1.22. The number of oxime groups is 1. The summed E-state index contributed by atoms with van der Waals surface area (Å²) in [4.78, 5) is 34.7. The fraction of sp³-hybridized carbons (Fsp3) is 0.188. The minimum atomic E-state index is -0.816. The number of ether oxygens (including phenoxy) is 2. The Hall–Kier alpha value is -4.76. The topological polar surface area (TPSA) is 99.1 Å². The Morgan fingerprint density at radius 3 is 1.76 bits per heavy atom. The predicted octanol–water partition coefficient (Wildman–Crippen LogP) is 6.30. The van der Waals surface area contributed by atoms with E-state index in [1.807, 2.05) is 54.6 Å². The Kier molecular flexibility index (Phi) is 8.99. The summed E-state index contributed by atoms with van der Waals surface area (Å²) in [6, 6.07) is 30.2. The maximum absolute atomic E-state index is 12.6. The molecule has 0 aliphatic rings. The number of benzene rings is 3. The highest BCUT2D eigenvalue weighted by Gasteiger charge is 2.37. The summed E-state index contributed by atoms with van der Waals surface area (Å²) in [5.41, 5.74) is 1.38. The zero-order chi connectivity index (χ0) is 29.5. The minimum Gasteiger partial charge on any atom is -0.464 e. The van der Waals surface area contributed by atoms with Gasteiger partial charge in [-0.3, -0.25) is 0 Å². The summed E-state index contributed by atoms with van der Waals surface area (Å²) < 4.78 is 10.1. The molecular weight excluding hydrogens is 538 g/mol. The molecule has 0 saturated carbocycles. The van der Waals surface area contributed by atoms with Crippen LogP contribution >= 0.6 is 11.3 Å². The first kappa shape index (κ1) is 29.2. The van der Waals surface area contributed by atoms with Gasteiger partial charge >= 0.3 is 11.9 Å². The summed E-state index contributed by atoms with van der Waals surface area (Å²) in [6.07, 6.45) is 0. The summed E-state index contributed by atoms with van der Waals surface area (Å²) >= 11 is 1.28. The average molecular weight is 570 g/mol. The van der Waals surface area contributed by atoms with E-state index >= 15 is 0 Å². The van der Waals surface area contributed by atoms with Crippen LogP contribution in [-0.2, 0) is 29.4 Å². The van der Waals surface area contributed by atoms with Crippen molar-refractivity contribution in [3.05, 3.63) is 131 Å². The third-order valence-electron chi connectivity index (χ3n) is 5.91. The van der Waals surface area contributed by atoms with E-state index in [9.17, 15) is 9.59 Å². The van der Waals surface area contributed by atoms with Gasteiger partial charge in [0, 0.05) is 5.38 Å². The Morgan fingerprint density at radius 1 is 0.829 bits per heavy atom. The molecule has 3 aromatic carbocycles. The molecule has 1 heterocycles. The van der Waals surface area contributed by atoms with Crippen molar-refractivity contribution in [1.29, 1.82) is 0 Å². The predicted molar refractivity (Wildman–Crippen MR) is 160 cm³/mol. The number of nitrogens with zero attached hydrogens (tertiary/aromatic N) is 2. The molecule has 0 aliphatic heterocycles. The van der Waals surface area contributed by atoms with Crippen LogP contribution in [0.15, 0.2) is 114 Å². The normalized spacial score (nSPS) is 11.9. The van der Waals surface area contributed by atoms with Crippen molar-refractivity contribution in [2.24, 2.45) is 5.16 Å². The number of esters is 2. The first-order valence-electron chi connectivity index (χ1n) is 12.8. The zero-order valence-corrected chi connectivity index (χ0v) is 24.1. The fourth-order valence-corrected chi connectivity index (χ4v) is 4.89. The molecule has 4 aromatic rings. The molecule has 1 aromatic heterocycles. The quantitative estimate of drug-likeness (QED) is 0.0598. The van der Waals surface area contributed by atoms with E-state index < -0.39 is 23.1 Å². The van der Waals surface area contributed by atoms with E-state index in [1.165, 1.54) is 18.4 Å². The van der Waals surface area contributed by atoms with Crippen molar-refractivity contribution in [3.8, 4) is 0 Å². The maximum atomic E-state index is 12.6. The van der Waals surface area contributed by atoms with Crippen LogP contribution in [0.1, 0.15) is 43.2 Å². The van der Waals surface area contributed by atoms with Crippen LogP contribution in [0.5, 0.6) is 0 Å². The zero-order valence-electron chi connectivity index (χ0n) is 23.3. The lowest BCUT2D eigenvalue weighted by atomic mass is 9.77. The minimum absolute atomic E-state index is 0.199. The largest absolute Gasteiger partial charge is 0.464 e. The van der Waals surface area contributed by atoms with Crippen LogP contribution < -0.4 is 5.32 Å². The van der Waals surface area contributed by atoms with Crippen molar-refractivity contribution in [2.75, 3.05) is 12.4 Å². The lowest BCUT2D eigenvalue weighted by Gasteiger charge is -2.36. The lowest BCUT2D eigenvalue weighted by Crippen LogP contribution is -2.38. The Balaban J connectivity index is 1.74. The van der Waals surface area contributed by atoms with Gasteiger partial charge in [0.2, 0.25) is 11.5 Å². The number of carbonyl (C=O) groups is 2. The molecule has 0 amide bonds. The number of methoxy groups -OCH3 is 1. The highest BCUT2D eigenvalue weighted by Crippen LogP contribution is 2.40. The number of hydrogen-bond acceptors (Lipinski definition) is 9. The molecule has 1 N–H and O–H groups in total. The SMILES string of the molecule is C=C(O/N=C(\C(=O)OC)c1csc(NC(c2ccccc2)(c2ccccc2)c2ccccc2)n1)C(=O)OC(C)(C)C. The standard InChI is InChI=1S/C32H31N3O5S/c1-22(28(36)39-31(2,3)4)40-35-27(29(37)38-5)26-21-41-30(33-26)34-32(23-15-9-6-10-16-23,24-17-11-7-12-18-24)25-19-13-8-14-20-25/h6-21H,1H2,2-5H3,(H,33,34)/b35-27-. The lowest BCUT2D eigenvalue weighted by molar-refractivity contribution is -0.154. The van der Waals surface area contributed by atoms with E-state index in [-0.39, 0.29) is 17.2 Å². The monoisotopic (exact) mass is 569 g/mol. The van der Waals surface area contributed by atoms with Gasteiger partial charge in [0.05, 0.1) is 7.11 Å². The number of aromatic nitrogens is 1. The van der Waals surface area contributed by atoms with Crippen molar-refractivity contribution in [2.45, 2.75) is 31.9 Å². The van der Waals surface area contributed by atoms with E-state index in [1.54, 1.807) is 26.2 Å². The van der Waals surface area contributed by atoms with Crippen LogP contribution in [0.4, 0.5) is 5.13 Å². The van der Waals surface area contributed by atoms with Gasteiger partial charge in [-0.1, -0.05) is 96.2 Å². The molecular formula is C32H31N3O5S. The molecule has 41 heavy (non-hydrogen) atoms. The van der Waals surface area contributed by atoms with Gasteiger partial charge in [-0.15, -0.1) is 11.3 Å². The van der Waals surface area contributed by atoms with E-state index in [4.69, 9.17) is 14.3 Å². The highest BCUT2D eigenvalue weighted by atomic mass is 32.1. The maximum Gasteiger partial charge on any atom is 0.376 e. The Labute approximate surface area is 243 Å². The third kappa shape index (κ3) is 6.88. The van der Waals surface area contributed by atoms with Crippen LogP contribution in [-0.4, -0.2) is 35.3 Å².